The summed E-state index contributed by atoms with van der Waals surface area (Å²) in [4.78, 5) is 15.9. The lowest BCUT2D eigenvalue weighted by Gasteiger charge is -2.11. The van der Waals surface area contributed by atoms with E-state index in [9.17, 15) is 4.79 Å². The first kappa shape index (κ1) is 12.2. The van der Waals surface area contributed by atoms with Crippen LogP contribution in [0.5, 0.6) is 0 Å². The number of halogens is 1. The number of nitrogens with one attached hydrogen (secondary N) is 2. The smallest absolute Gasteiger partial charge is 0.267 e. The second kappa shape index (κ2) is 5.38. The van der Waals surface area contributed by atoms with Crippen molar-refractivity contribution in [1.29, 1.82) is 0 Å². The zero-order chi connectivity index (χ0) is 12.3. The Hall–Kier alpha value is -1.26. The third-order valence-electron chi connectivity index (χ3n) is 2.36. The number of thiophene rings is 1. The Bertz CT molecular complexity index is 492. The standard InChI is InChI=1S/C12H13ClN2OS/c1-8(5-10-3-2-4-17-10)15-12(16)11-6-9(13)7-14-11/h2-4,6-8,14H,5H2,1H3,(H,15,16). The van der Waals surface area contributed by atoms with E-state index >= 15 is 0 Å². The normalized spacial score (nSPS) is 12.4. The fourth-order valence-electron chi connectivity index (χ4n) is 1.58. The van der Waals surface area contributed by atoms with E-state index in [1.807, 2.05) is 18.4 Å². The first-order valence-electron chi connectivity index (χ1n) is 5.32. The number of carbonyl (C=O) groups excluding carboxylic acids is 1. The molecule has 0 aliphatic carbocycles. The van der Waals surface area contributed by atoms with Crippen LogP contribution in [-0.2, 0) is 6.42 Å². The van der Waals surface area contributed by atoms with Crippen molar-refractivity contribution in [1.82, 2.24) is 10.3 Å². The molecule has 2 aromatic rings. The molecule has 5 heteroatoms. The van der Waals surface area contributed by atoms with Gasteiger partial charge in [0.15, 0.2) is 0 Å². The second-order valence-corrected chi connectivity index (χ2v) is 5.36. The topological polar surface area (TPSA) is 44.9 Å². The highest BCUT2D eigenvalue weighted by molar-refractivity contribution is 7.09. The van der Waals surface area contributed by atoms with Crippen LogP contribution in [0.4, 0.5) is 0 Å². The highest BCUT2D eigenvalue weighted by atomic mass is 35.5. The van der Waals surface area contributed by atoms with Crippen molar-refractivity contribution < 1.29 is 4.79 Å². The molecular formula is C12H13ClN2OS. The summed E-state index contributed by atoms with van der Waals surface area (Å²) < 4.78 is 0. The number of hydrogen-bond acceptors (Lipinski definition) is 2. The van der Waals surface area contributed by atoms with Crippen LogP contribution >= 0.6 is 22.9 Å². The Kier molecular flexibility index (Phi) is 3.86. The highest BCUT2D eigenvalue weighted by Gasteiger charge is 2.12. The molecule has 0 saturated carbocycles. The summed E-state index contributed by atoms with van der Waals surface area (Å²) in [6.45, 7) is 1.99. The van der Waals surface area contributed by atoms with Gasteiger partial charge in [0, 0.05) is 23.5 Å². The van der Waals surface area contributed by atoms with Crippen LogP contribution in [0.15, 0.2) is 29.8 Å². The molecule has 0 bridgehead atoms. The van der Waals surface area contributed by atoms with Crippen LogP contribution in [0, 0.1) is 0 Å². The minimum atomic E-state index is -0.124. The largest absolute Gasteiger partial charge is 0.356 e. The molecule has 90 valence electrons. The molecule has 0 spiro atoms. The second-order valence-electron chi connectivity index (χ2n) is 3.89. The van der Waals surface area contributed by atoms with Crippen molar-refractivity contribution >= 4 is 28.8 Å². The first-order chi connectivity index (χ1) is 8.15. The van der Waals surface area contributed by atoms with Gasteiger partial charge in [-0.3, -0.25) is 4.79 Å². The molecule has 2 heterocycles. The number of H-pyrrole nitrogens is 1. The molecular weight excluding hydrogens is 256 g/mol. The molecule has 0 radical (unpaired) electrons. The molecule has 1 amide bonds. The molecule has 3 nitrogen and oxygen atoms in total. The molecule has 1 unspecified atom stereocenters. The maximum atomic E-state index is 11.8. The number of rotatable bonds is 4. The van der Waals surface area contributed by atoms with E-state index in [4.69, 9.17) is 11.6 Å². The average molecular weight is 269 g/mol. The van der Waals surface area contributed by atoms with Crippen LogP contribution in [-0.4, -0.2) is 16.9 Å². The number of hydrogen-bond donors (Lipinski definition) is 2. The minimum Gasteiger partial charge on any atom is -0.356 e. The van der Waals surface area contributed by atoms with Gasteiger partial charge in [-0.1, -0.05) is 17.7 Å². The van der Waals surface area contributed by atoms with Crippen molar-refractivity contribution in [2.75, 3.05) is 0 Å². The van der Waals surface area contributed by atoms with Gasteiger partial charge in [0.2, 0.25) is 0 Å². The predicted octanol–water partition coefficient (Wildman–Crippen LogP) is 3.09. The van der Waals surface area contributed by atoms with Gasteiger partial charge >= 0.3 is 0 Å². The Morgan fingerprint density at radius 1 is 1.65 bits per heavy atom. The minimum absolute atomic E-state index is 0.100. The van der Waals surface area contributed by atoms with Gasteiger partial charge in [0.05, 0.1) is 5.02 Å². The first-order valence-corrected chi connectivity index (χ1v) is 6.58. The van der Waals surface area contributed by atoms with Crippen molar-refractivity contribution in [3.8, 4) is 0 Å². The van der Waals surface area contributed by atoms with E-state index in [1.165, 1.54) is 4.88 Å². The highest BCUT2D eigenvalue weighted by Crippen LogP contribution is 2.12. The van der Waals surface area contributed by atoms with E-state index in [-0.39, 0.29) is 11.9 Å². The summed E-state index contributed by atoms with van der Waals surface area (Å²) in [5.41, 5.74) is 0.494. The lowest BCUT2D eigenvalue weighted by molar-refractivity contribution is 0.0936. The molecule has 2 aromatic heterocycles. The van der Waals surface area contributed by atoms with E-state index in [2.05, 4.69) is 16.4 Å². The summed E-state index contributed by atoms with van der Waals surface area (Å²) in [5.74, 6) is -0.124. The number of aromatic nitrogens is 1. The molecule has 2 N–H and O–H groups in total. The summed E-state index contributed by atoms with van der Waals surface area (Å²) >= 11 is 7.44. The van der Waals surface area contributed by atoms with Crippen LogP contribution in [0.2, 0.25) is 5.02 Å². The zero-order valence-corrected chi connectivity index (χ0v) is 10.9. The SMILES string of the molecule is CC(Cc1cccs1)NC(=O)c1cc(Cl)c[nH]1. The summed E-state index contributed by atoms with van der Waals surface area (Å²) in [5, 5.41) is 5.50. The molecule has 2 rings (SSSR count). The maximum Gasteiger partial charge on any atom is 0.267 e. The van der Waals surface area contributed by atoms with E-state index in [0.717, 1.165) is 6.42 Å². The zero-order valence-electron chi connectivity index (χ0n) is 9.37. The van der Waals surface area contributed by atoms with E-state index in [1.54, 1.807) is 23.6 Å². The third-order valence-corrected chi connectivity index (χ3v) is 3.47. The van der Waals surface area contributed by atoms with Gasteiger partial charge in [-0.05, 0) is 24.4 Å². The number of aromatic amines is 1. The molecule has 0 aliphatic heterocycles. The van der Waals surface area contributed by atoms with Crippen LogP contribution in [0.25, 0.3) is 0 Å². The quantitative estimate of drug-likeness (QED) is 0.879. The Morgan fingerprint density at radius 2 is 2.47 bits per heavy atom. The summed E-state index contributed by atoms with van der Waals surface area (Å²) in [7, 11) is 0. The molecule has 0 aromatic carbocycles. The Morgan fingerprint density at radius 3 is 3.06 bits per heavy atom. The van der Waals surface area contributed by atoms with Crippen LogP contribution < -0.4 is 5.32 Å². The predicted molar refractivity (Wildman–Crippen MR) is 70.8 cm³/mol. The van der Waals surface area contributed by atoms with Crippen molar-refractivity contribution in [2.24, 2.45) is 0 Å². The van der Waals surface area contributed by atoms with Crippen LogP contribution in [0.3, 0.4) is 0 Å². The molecule has 17 heavy (non-hydrogen) atoms. The number of carbonyl (C=O) groups is 1. The lowest BCUT2D eigenvalue weighted by atomic mass is 10.2. The van der Waals surface area contributed by atoms with Gasteiger partial charge in [-0.2, -0.15) is 0 Å². The Labute approximate surface area is 109 Å². The van der Waals surface area contributed by atoms with Gasteiger partial charge in [0.1, 0.15) is 5.69 Å². The summed E-state index contributed by atoms with van der Waals surface area (Å²) in [6, 6.07) is 5.80. The van der Waals surface area contributed by atoms with Crippen LogP contribution in [0.1, 0.15) is 22.3 Å². The lowest BCUT2D eigenvalue weighted by Crippen LogP contribution is -2.34. The molecule has 0 fully saturated rings. The summed E-state index contributed by atoms with van der Waals surface area (Å²) in [6.07, 6.45) is 2.44. The van der Waals surface area contributed by atoms with Crippen molar-refractivity contribution in [3.63, 3.8) is 0 Å². The fraction of sp³-hybridized carbons (Fsp3) is 0.250. The van der Waals surface area contributed by atoms with Crippen molar-refractivity contribution in [2.45, 2.75) is 19.4 Å². The molecule has 1 atom stereocenters. The fourth-order valence-corrected chi connectivity index (χ4v) is 2.58. The maximum absolute atomic E-state index is 11.8. The van der Waals surface area contributed by atoms with Gasteiger partial charge in [-0.25, -0.2) is 0 Å². The van der Waals surface area contributed by atoms with Gasteiger partial charge in [-0.15, -0.1) is 11.3 Å². The van der Waals surface area contributed by atoms with E-state index in [0.29, 0.717) is 10.7 Å². The molecule has 0 aliphatic rings. The Balaban J connectivity index is 1.90. The number of amides is 1. The van der Waals surface area contributed by atoms with Crippen molar-refractivity contribution in [3.05, 3.63) is 45.4 Å². The third kappa shape index (κ3) is 3.35. The average Bonchev–Trinajstić information content (AvgIpc) is 2.89. The molecule has 0 saturated heterocycles. The van der Waals surface area contributed by atoms with E-state index < -0.39 is 0 Å². The van der Waals surface area contributed by atoms with Gasteiger partial charge in [0.25, 0.3) is 5.91 Å². The monoisotopic (exact) mass is 268 g/mol. The van der Waals surface area contributed by atoms with Gasteiger partial charge < -0.3 is 10.3 Å².